The summed E-state index contributed by atoms with van der Waals surface area (Å²) in [6.07, 6.45) is 3.97. The van der Waals surface area contributed by atoms with Crippen molar-refractivity contribution in [3.05, 3.63) is 48.0 Å². The Balaban J connectivity index is 2.04. The molecule has 21 heavy (non-hydrogen) atoms. The van der Waals surface area contributed by atoms with Gasteiger partial charge in [0.15, 0.2) is 0 Å². The molecule has 1 heterocycles. The van der Waals surface area contributed by atoms with Crippen molar-refractivity contribution >= 4 is 11.9 Å². The molecule has 112 valence electrons. The molecule has 2 rings (SSSR count). The second kappa shape index (κ2) is 7.04. The van der Waals surface area contributed by atoms with Crippen molar-refractivity contribution in [2.24, 2.45) is 0 Å². The lowest BCUT2D eigenvalue weighted by molar-refractivity contribution is -0.177. The molecule has 1 aliphatic rings. The Bertz CT molecular complexity index is 523. The normalized spacial score (nSPS) is 20.8. The minimum Gasteiger partial charge on any atom is -0.464 e. The summed E-state index contributed by atoms with van der Waals surface area (Å²) in [6, 6.07) is 8.61. The second-order valence-electron chi connectivity index (χ2n) is 4.64. The maximum absolute atomic E-state index is 12.1. The third-order valence-electron chi connectivity index (χ3n) is 3.16. The molecule has 0 spiro atoms. The fourth-order valence-corrected chi connectivity index (χ4v) is 2.01. The number of carbonyl (C=O) groups is 2. The predicted octanol–water partition coefficient (Wildman–Crippen LogP) is 2.12. The Labute approximate surface area is 123 Å². The van der Waals surface area contributed by atoms with Crippen LogP contribution < -0.4 is 0 Å². The highest BCUT2D eigenvalue weighted by Crippen LogP contribution is 2.24. The fraction of sp³-hybridized carbons (Fsp3) is 0.375. The first-order valence-electron chi connectivity index (χ1n) is 6.86. The van der Waals surface area contributed by atoms with Crippen molar-refractivity contribution in [2.45, 2.75) is 18.9 Å². The van der Waals surface area contributed by atoms with Crippen LogP contribution in [0.1, 0.15) is 23.7 Å². The van der Waals surface area contributed by atoms with Gasteiger partial charge in [0, 0.05) is 6.42 Å². The van der Waals surface area contributed by atoms with Gasteiger partial charge in [-0.15, -0.1) is 0 Å². The van der Waals surface area contributed by atoms with Gasteiger partial charge in [-0.1, -0.05) is 30.4 Å². The Morgan fingerprint density at radius 3 is 2.57 bits per heavy atom. The van der Waals surface area contributed by atoms with E-state index >= 15 is 0 Å². The molecule has 0 amide bonds. The summed E-state index contributed by atoms with van der Waals surface area (Å²) < 4.78 is 15.8. The fourth-order valence-electron chi connectivity index (χ4n) is 2.01. The Morgan fingerprint density at radius 2 is 1.95 bits per heavy atom. The lowest BCUT2D eigenvalue weighted by Gasteiger charge is -2.31. The molecule has 0 saturated heterocycles. The maximum Gasteiger partial charge on any atom is 0.342 e. The van der Waals surface area contributed by atoms with Crippen molar-refractivity contribution in [3.8, 4) is 0 Å². The van der Waals surface area contributed by atoms with Crippen LogP contribution in [0, 0.1) is 0 Å². The molecule has 1 unspecified atom stereocenters. The van der Waals surface area contributed by atoms with Crippen molar-refractivity contribution in [3.63, 3.8) is 0 Å². The first kappa shape index (κ1) is 15.3. The van der Waals surface area contributed by atoms with E-state index in [0.29, 0.717) is 18.6 Å². The molecule has 0 radical (unpaired) electrons. The van der Waals surface area contributed by atoms with Gasteiger partial charge in [-0.2, -0.15) is 0 Å². The monoisotopic (exact) mass is 290 g/mol. The lowest BCUT2D eigenvalue weighted by Crippen LogP contribution is -2.48. The van der Waals surface area contributed by atoms with Crippen LogP contribution in [0.4, 0.5) is 0 Å². The summed E-state index contributed by atoms with van der Waals surface area (Å²) in [4.78, 5) is 24.1. The predicted molar refractivity (Wildman–Crippen MR) is 75.8 cm³/mol. The van der Waals surface area contributed by atoms with Gasteiger partial charge in [0.1, 0.15) is 6.61 Å². The number of benzene rings is 1. The Hall–Kier alpha value is -2.14. The van der Waals surface area contributed by atoms with Crippen LogP contribution >= 0.6 is 0 Å². The van der Waals surface area contributed by atoms with E-state index < -0.39 is 17.5 Å². The van der Waals surface area contributed by atoms with Crippen LogP contribution in [0.2, 0.25) is 0 Å². The minimum atomic E-state index is -1.24. The third kappa shape index (κ3) is 3.70. The SMILES string of the molecule is CCOC(=O)C1(COC(=O)c2ccccc2)CC=CCO1. The van der Waals surface area contributed by atoms with Crippen molar-refractivity contribution < 1.29 is 23.8 Å². The molecule has 1 aliphatic heterocycles. The van der Waals surface area contributed by atoms with E-state index in [9.17, 15) is 9.59 Å². The summed E-state index contributed by atoms with van der Waals surface area (Å²) in [5.41, 5.74) is -0.808. The smallest absolute Gasteiger partial charge is 0.342 e. The van der Waals surface area contributed by atoms with Gasteiger partial charge < -0.3 is 14.2 Å². The van der Waals surface area contributed by atoms with E-state index in [0.717, 1.165) is 0 Å². The van der Waals surface area contributed by atoms with Crippen LogP contribution in [0.25, 0.3) is 0 Å². The molecule has 0 bridgehead atoms. The quantitative estimate of drug-likeness (QED) is 0.614. The molecule has 1 atom stereocenters. The van der Waals surface area contributed by atoms with Crippen LogP contribution in [-0.2, 0) is 19.0 Å². The van der Waals surface area contributed by atoms with Gasteiger partial charge in [-0.05, 0) is 19.1 Å². The number of carbonyl (C=O) groups excluding carboxylic acids is 2. The molecule has 0 saturated carbocycles. The summed E-state index contributed by atoms with van der Waals surface area (Å²) >= 11 is 0. The zero-order valence-corrected chi connectivity index (χ0v) is 11.9. The number of esters is 2. The maximum atomic E-state index is 12.1. The zero-order valence-electron chi connectivity index (χ0n) is 11.9. The summed E-state index contributed by atoms with van der Waals surface area (Å²) in [7, 11) is 0. The number of ether oxygens (including phenoxy) is 3. The van der Waals surface area contributed by atoms with Gasteiger partial charge in [-0.3, -0.25) is 0 Å². The molecule has 5 heteroatoms. The lowest BCUT2D eigenvalue weighted by atomic mass is 9.98. The summed E-state index contributed by atoms with van der Waals surface area (Å²) in [5, 5.41) is 0. The largest absolute Gasteiger partial charge is 0.464 e. The standard InChI is InChI=1S/C16H18O5/c1-2-19-15(18)16(10-6-7-11-21-16)12-20-14(17)13-8-4-3-5-9-13/h3-9H,2,10-12H2,1H3. The summed E-state index contributed by atoms with van der Waals surface area (Å²) in [6.45, 7) is 2.10. The van der Waals surface area contributed by atoms with Gasteiger partial charge in [0.05, 0.1) is 18.8 Å². The number of hydrogen-bond acceptors (Lipinski definition) is 5. The van der Waals surface area contributed by atoms with Crippen molar-refractivity contribution in [2.75, 3.05) is 19.8 Å². The molecule has 0 fully saturated rings. The molecular weight excluding hydrogens is 272 g/mol. The first-order valence-corrected chi connectivity index (χ1v) is 6.86. The Kier molecular flexibility index (Phi) is 5.11. The van der Waals surface area contributed by atoms with Crippen molar-refractivity contribution in [1.82, 2.24) is 0 Å². The second-order valence-corrected chi connectivity index (χ2v) is 4.64. The van der Waals surface area contributed by atoms with E-state index in [1.807, 2.05) is 18.2 Å². The van der Waals surface area contributed by atoms with Crippen LogP contribution in [0.15, 0.2) is 42.5 Å². The number of hydrogen-bond donors (Lipinski definition) is 0. The van der Waals surface area contributed by atoms with E-state index in [4.69, 9.17) is 14.2 Å². The highest BCUT2D eigenvalue weighted by atomic mass is 16.6. The molecule has 0 aliphatic carbocycles. The van der Waals surface area contributed by atoms with E-state index in [-0.39, 0.29) is 13.2 Å². The third-order valence-corrected chi connectivity index (χ3v) is 3.16. The number of rotatable bonds is 5. The highest BCUT2D eigenvalue weighted by Gasteiger charge is 2.43. The van der Waals surface area contributed by atoms with Crippen LogP contribution in [-0.4, -0.2) is 37.4 Å². The first-order chi connectivity index (χ1) is 10.2. The average molecular weight is 290 g/mol. The molecule has 1 aromatic rings. The van der Waals surface area contributed by atoms with Gasteiger partial charge in [0.25, 0.3) is 0 Å². The van der Waals surface area contributed by atoms with E-state index in [1.54, 1.807) is 31.2 Å². The minimum absolute atomic E-state index is 0.163. The van der Waals surface area contributed by atoms with Crippen molar-refractivity contribution in [1.29, 1.82) is 0 Å². The zero-order chi connectivity index (χ0) is 15.1. The molecular formula is C16H18O5. The van der Waals surface area contributed by atoms with E-state index in [2.05, 4.69) is 0 Å². The highest BCUT2D eigenvalue weighted by molar-refractivity contribution is 5.89. The van der Waals surface area contributed by atoms with E-state index in [1.165, 1.54) is 0 Å². The van der Waals surface area contributed by atoms with Gasteiger partial charge in [-0.25, -0.2) is 9.59 Å². The molecule has 0 aromatic heterocycles. The molecule has 5 nitrogen and oxygen atoms in total. The topological polar surface area (TPSA) is 61.8 Å². The molecule has 1 aromatic carbocycles. The Morgan fingerprint density at radius 1 is 1.19 bits per heavy atom. The van der Waals surface area contributed by atoms with Gasteiger partial charge >= 0.3 is 11.9 Å². The molecule has 0 N–H and O–H groups in total. The van der Waals surface area contributed by atoms with Gasteiger partial charge in [0.2, 0.25) is 5.60 Å². The van der Waals surface area contributed by atoms with Crippen LogP contribution in [0.3, 0.4) is 0 Å². The average Bonchev–Trinajstić information content (AvgIpc) is 2.54. The summed E-state index contributed by atoms with van der Waals surface area (Å²) in [5.74, 6) is -0.993. The van der Waals surface area contributed by atoms with Crippen LogP contribution in [0.5, 0.6) is 0 Å².